The third-order valence-corrected chi connectivity index (χ3v) is 3.79. The molecule has 4 heteroatoms. The molecule has 1 heterocycles. The van der Waals surface area contributed by atoms with Gasteiger partial charge in [-0.3, -0.25) is 4.79 Å². The molecule has 1 atom stereocenters. The molecule has 1 fully saturated rings. The Morgan fingerprint density at radius 2 is 2.11 bits per heavy atom. The number of hydrogen-bond acceptors (Lipinski definition) is 2. The first-order valence-corrected chi connectivity index (χ1v) is 6.58. The number of H-pyrrole nitrogens is 1. The number of nitrogens with one attached hydrogen (secondary N) is 2. The molecule has 1 aliphatic carbocycles. The van der Waals surface area contributed by atoms with E-state index in [0.29, 0.717) is 0 Å². The van der Waals surface area contributed by atoms with E-state index in [9.17, 15) is 4.79 Å². The molecule has 1 aromatic heterocycles. The Bertz CT molecular complexity index is 558. The number of rotatable bonds is 4. The van der Waals surface area contributed by atoms with Crippen molar-refractivity contribution in [1.29, 1.82) is 0 Å². The van der Waals surface area contributed by atoms with Gasteiger partial charge < -0.3 is 10.3 Å². The van der Waals surface area contributed by atoms with E-state index in [1.54, 1.807) is 12.4 Å². The predicted octanol–water partition coefficient (Wildman–Crippen LogP) is 2.32. The van der Waals surface area contributed by atoms with E-state index >= 15 is 0 Å². The molecule has 0 radical (unpaired) electrons. The van der Waals surface area contributed by atoms with E-state index in [4.69, 9.17) is 0 Å². The summed E-state index contributed by atoms with van der Waals surface area (Å²) >= 11 is 0. The van der Waals surface area contributed by atoms with Gasteiger partial charge in [0.15, 0.2) is 0 Å². The van der Waals surface area contributed by atoms with Crippen molar-refractivity contribution in [2.45, 2.75) is 31.2 Å². The Morgan fingerprint density at radius 1 is 1.37 bits per heavy atom. The fraction of sp³-hybridized carbons (Fsp3) is 0.333. The van der Waals surface area contributed by atoms with Crippen LogP contribution in [0.5, 0.6) is 0 Å². The lowest BCUT2D eigenvalue weighted by Gasteiger charge is -2.18. The lowest BCUT2D eigenvalue weighted by Crippen LogP contribution is -2.36. The summed E-state index contributed by atoms with van der Waals surface area (Å²) in [7, 11) is 0. The number of nitrogens with zero attached hydrogens (tertiary/aromatic N) is 1. The van der Waals surface area contributed by atoms with Gasteiger partial charge >= 0.3 is 0 Å². The lowest BCUT2D eigenvalue weighted by atomic mass is 9.95. The van der Waals surface area contributed by atoms with Gasteiger partial charge in [-0.05, 0) is 25.3 Å². The van der Waals surface area contributed by atoms with Crippen LogP contribution in [0.4, 0.5) is 0 Å². The molecule has 0 bridgehead atoms. The molecule has 1 amide bonds. The third-order valence-electron chi connectivity index (χ3n) is 3.79. The summed E-state index contributed by atoms with van der Waals surface area (Å²) < 4.78 is 0. The van der Waals surface area contributed by atoms with Gasteiger partial charge in [-0.15, -0.1) is 0 Å². The number of imidazole rings is 1. The van der Waals surface area contributed by atoms with E-state index in [0.717, 1.165) is 24.2 Å². The van der Waals surface area contributed by atoms with Crippen molar-refractivity contribution in [3.8, 4) is 0 Å². The third kappa shape index (κ3) is 2.14. The Balaban J connectivity index is 1.74. The Morgan fingerprint density at radius 3 is 2.68 bits per heavy atom. The van der Waals surface area contributed by atoms with Crippen LogP contribution in [0.1, 0.15) is 37.2 Å². The Kier molecular flexibility index (Phi) is 2.85. The van der Waals surface area contributed by atoms with Gasteiger partial charge in [0, 0.05) is 12.4 Å². The van der Waals surface area contributed by atoms with Crippen LogP contribution in [0.25, 0.3) is 0 Å². The van der Waals surface area contributed by atoms with Crippen LogP contribution < -0.4 is 5.32 Å². The second-order valence-electron chi connectivity index (χ2n) is 5.12. The molecule has 1 saturated carbocycles. The largest absolute Gasteiger partial charge is 0.347 e. The van der Waals surface area contributed by atoms with Crippen LogP contribution >= 0.6 is 0 Å². The topological polar surface area (TPSA) is 57.8 Å². The molecule has 2 N–H and O–H groups in total. The molecule has 2 aromatic rings. The molecule has 4 nitrogen and oxygen atoms in total. The normalized spacial score (nSPS) is 17.7. The summed E-state index contributed by atoms with van der Waals surface area (Å²) in [5.74, 6) is 0.889. The summed E-state index contributed by atoms with van der Waals surface area (Å²) in [5.41, 5.74) is 0.793. The fourth-order valence-corrected chi connectivity index (χ4v) is 2.45. The lowest BCUT2D eigenvalue weighted by molar-refractivity contribution is -0.124. The Hall–Kier alpha value is -2.10. The van der Waals surface area contributed by atoms with E-state index in [1.165, 1.54) is 0 Å². The van der Waals surface area contributed by atoms with Crippen LogP contribution in [0.2, 0.25) is 0 Å². The smallest absolute Gasteiger partial charge is 0.231 e. The van der Waals surface area contributed by atoms with Crippen LogP contribution in [0, 0.1) is 0 Å². The van der Waals surface area contributed by atoms with Crippen molar-refractivity contribution >= 4 is 5.91 Å². The predicted molar refractivity (Wildman–Crippen MR) is 72.5 cm³/mol. The average molecular weight is 255 g/mol. The fourth-order valence-electron chi connectivity index (χ4n) is 2.45. The number of benzene rings is 1. The molecule has 19 heavy (non-hydrogen) atoms. The van der Waals surface area contributed by atoms with Crippen molar-refractivity contribution in [2.75, 3.05) is 0 Å². The van der Waals surface area contributed by atoms with Crippen molar-refractivity contribution in [1.82, 2.24) is 15.3 Å². The van der Waals surface area contributed by atoms with Crippen molar-refractivity contribution in [2.24, 2.45) is 0 Å². The van der Waals surface area contributed by atoms with Crippen molar-refractivity contribution < 1.29 is 4.79 Å². The number of aromatic nitrogens is 2. The van der Waals surface area contributed by atoms with E-state index in [-0.39, 0.29) is 17.4 Å². The minimum absolute atomic E-state index is 0.0938. The highest BCUT2D eigenvalue weighted by Gasteiger charge is 2.51. The zero-order valence-electron chi connectivity index (χ0n) is 10.9. The number of carbonyl (C=O) groups excluding carboxylic acids is 1. The van der Waals surface area contributed by atoms with Crippen molar-refractivity contribution in [3.63, 3.8) is 0 Å². The summed E-state index contributed by atoms with van der Waals surface area (Å²) in [6.07, 6.45) is 5.31. The minimum Gasteiger partial charge on any atom is -0.347 e. The number of hydrogen-bond donors (Lipinski definition) is 2. The first-order chi connectivity index (χ1) is 9.22. The van der Waals surface area contributed by atoms with Crippen LogP contribution in [0.15, 0.2) is 42.7 Å². The maximum absolute atomic E-state index is 12.5. The maximum Gasteiger partial charge on any atom is 0.231 e. The van der Waals surface area contributed by atoms with Gasteiger partial charge in [-0.2, -0.15) is 0 Å². The van der Waals surface area contributed by atoms with Gasteiger partial charge in [-0.1, -0.05) is 30.3 Å². The van der Waals surface area contributed by atoms with Gasteiger partial charge in [0.1, 0.15) is 5.82 Å². The van der Waals surface area contributed by atoms with Gasteiger partial charge in [0.05, 0.1) is 11.5 Å². The highest BCUT2D eigenvalue weighted by atomic mass is 16.2. The summed E-state index contributed by atoms with van der Waals surface area (Å²) in [6.45, 7) is 1.94. The SMILES string of the molecule is CC(NC(=O)C1(c2ccccc2)CC1)c1ncc[nH]1. The van der Waals surface area contributed by atoms with Gasteiger partial charge in [0.25, 0.3) is 0 Å². The van der Waals surface area contributed by atoms with E-state index in [1.807, 2.05) is 37.3 Å². The van der Waals surface area contributed by atoms with Crippen LogP contribution in [-0.4, -0.2) is 15.9 Å². The van der Waals surface area contributed by atoms with E-state index < -0.39 is 0 Å². The Labute approximate surface area is 112 Å². The maximum atomic E-state index is 12.5. The second-order valence-corrected chi connectivity index (χ2v) is 5.12. The average Bonchev–Trinajstić information content (AvgIpc) is 3.07. The standard InChI is InChI=1S/C15H17N3O/c1-11(13-16-9-10-17-13)18-14(19)15(7-8-15)12-5-3-2-4-6-12/h2-6,9-11H,7-8H2,1H3,(H,16,17)(H,18,19). The summed E-state index contributed by atoms with van der Waals surface area (Å²) in [5, 5.41) is 3.05. The number of carbonyl (C=O) groups is 1. The molecule has 1 unspecified atom stereocenters. The van der Waals surface area contributed by atoms with Crippen LogP contribution in [-0.2, 0) is 10.2 Å². The van der Waals surface area contributed by atoms with E-state index in [2.05, 4.69) is 15.3 Å². The minimum atomic E-state index is -0.317. The monoisotopic (exact) mass is 255 g/mol. The first-order valence-electron chi connectivity index (χ1n) is 6.58. The summed E-state index contributed by atoms with van der Waals surface area (Å²) in [6, 6.07) is 9.91. The highest BCUT2D eigenvalue weighted by molar-refractivity contribution is 5.91. The molecular weight excluding hydrogens is 238 g/mol. The molecule has 1 aromatic carbocycles. The molecule has 0 saturated heterocycles. The van der Waals surface area contributed by atoms with Crippen LogP contribution in [0.3, 0.4) is 0 Å². The molecule has 0 spiro atoms. The molecule has 0 aliphatic heterocycles. The molecule has 1 aliphatic rings. The first kappa shape index (κ1) is 12.0. The number of aromatic amines is 1. The zero-order chi connectivity index (χ0) is 13.3. The number of amides is 1. The second kappa shape index (κ2) is 4.53. The quantitative estimate of drug-likeness (QED) is 0.880. The van der Waals surface area contributed by atoms with Crippen molar-refractivity contribution in [3.05, 3.63) is 54.1 Å². The molecule has 98 valence electrons. The summed E-state index contributed by atoms with van der Waals surface area (Å²) in [4.78, 5) is 19.7. The van der Waals surface area contributed by atoms with Gasteiger partial charge in [0.2, 0.25) is 5.91 Å². The molecule has 3 rings (SSSR count). The molecular formula is C15H17N3O. The highest BCUT2D eigenvalue weighted by Crippen LogP contribution is 2.48. The van der Waals surface area contributed by atoms with Gasteiger partial charge in [-0.25, -0.2) is 4.98 Å². The zero-order valence-corrected chi connectivity index (χ0v) is 10.9.